The molecular weight excluding hydrogens is 220 g/mol. The van der Waals surface area contributed by atoms with E-state index in [1.54, 1.807) is 6.92 Å². The van der Waals surface area contributed by atoms with Crippen molar-refractivity contribution in [1.82, 2.24) is 10.2 Å². The van der Waals surface area contributed by atoms with Crippen molar-refractivity contribution in [2.24, 2.45) is 0 Å². The maximum atomic E-state index is 10.9. The normalized spacial score (nSPS) is 12.3. The number of carboxylic acids is 1. The van der Waals surface area contributed by atoms with Crippen molar-refractivity contribution in [3.05, 3.63) is 47.7 Å². The summed E-state index contributed by atoms with van der Waals surface area (Å²) in [6.45, 7) is 1.68. The summed E-state index contributed by atoms with van der Waals surface area (Å²) in [4.78, 5) is 10.9. The first-order chi connectivity index (χ1) is 8.16. The summed E-state index contributed by atoms with van der Waals surface area (Å²) < 4.78 is 5.32. The zero-order chi connectivity index (χ0) is 12.3. The van der Waals surface area contributed by atoms with Crippen LogP contribution in [0.3, 0.4) is 0 Å². The highest BCUT2D eigenvalue weighted by Crippen LogP contribution is 2.26. The number of aromatic nitrogens is 2. The molecule has 1 N–H and O–H groups in total. The number of rotatable bonds is 4. The van der Waals surface area contributed by atoms with Crippen molar-refractivity contribution in [2.75, 3.05) is 0 Å². The molecule has 0 fully saturated rings. The highest BCUT2D eigenvalue weighted by atomic mass is 16.4. The van der Waals surface area contributed by atoms with Crippen LogP contribution in [0.5, 0.6) is 0 Å². The highest BCUT2D eigenvalue weighted by molar-refractivity contribution is 5.68. The Bertz CT molecular complexity index is 507. The lowest BCUT2D eigenvalue weighted by Crippen LogP contribution is -2.08. The molecule has 88 valence electrons. The zero-order valence-corrected chi connectivity index (χ0v) is 9.33. The van der Waals surface area contributed by atoms with Crippen molar-refractivity contribution in [3.8, 4) is 0 Å². The Morgan fingerprint density at radius 1 is 1.35 bits per heavy atom. The fraction of sp³-hybridized carbons (Fsp3) is 0.250. The van der Waals surface area contributed by atoms with E-state index in [0.29, 0.717) is 11.8 Å². The first kappa shape index (κ1) is 11.3. The second kappa shape index (κ2) is 4.78. The molecule has 1 atom stereocenters. The maximum absolute atomic E-state index is 10.9. The van der Waals surface area contributed by atoms with Crippen LogP contribution in [0.25, 0.3) is 0 Å². The van der Waals surface area contributed by atoms with Crippen LogP contribution < -0.4 is 0 Å². The molecule has 0 saturated carbocycles. The van der Waals surface area contributed by atoms with Crippen LogP contribution >= 0.6 is 0 Å². The van der Waals surface area contributed by atoms with Crippen LogP contribution in [0.2, 0.25) is 0 Å². The Kier molecular flexibility index (Phi) is 3.18. The minimum Gasteiger partial charge on any atom is -0.481 e. The summed E-state index contributed by atoms with van der Waals surface area (Å²) in [7, 11) is 0. The van der Waals surface area contributed by atoms with E-state index in [4.69, 9.17) is 9.52 Å². The highest BCUT2D eigenvalue weighted by Gasteiger charge is 2.22. The van der Waals surface area contributed by atoms with E-state index in [1.165, 1.54) is 0 Å². The first-order valence-corrected chi connectivity index (χ1v) is 5.23. The summed E-state index contributed by atoms with van der Waals surface area (Å²) in [6, 6.07) is 9.29. The van der Waals surface area contributed by atoms with Gasteiger partial charge in [0.2, 0.25) is 11.8 Å². The summed E-state index contributed by atoms with van der Waals surface area (Å²) in [5.74, 6) is -0.507. The molecule has 17 heavy (non-hydrogen) atoms. The van der Waals surface area contributed by atoms with E-state index < -0.39 is 11.9 Å². The summed E-state index contributed by atoms with van der Waals surface area (Å²) in [5, 5.41) is 16.5. The van der Waals surface area contributed by atoms with Crippen molar-refractivity contribution < 1.29 is 14.3 Å². The van der Waals surface area contributed by atoms with Crippen LogP contribution in [0.4, 0.5) is 0 Å². The molecule has 1 aromatic carbocycles. The zero-order valence-electron chi connectivity index (χ0n) is 9.33. The van der Waals surface area contributed by atoms with Crippen molar-refractivity contribution in [1.29, 1.82) is 0 Å². The molecule has 1 aromatic heterocycles. The Morgan fingerprint density at radius 3 is 2.59 bits per heavy atom. The Morgan fingerprint density at radius 2 is 2.06 bits per heavy atom. The Labute approximate surface area is 98.1 Å². The number of aliphatic carboxylic acids is 1. The van der Waals surface area contributed by atoms with Crippen LogP contribution in [0.1, 0.15) is 29.7 Å². The van der Waals surface area contributed by atoms with Crippen LogP contribution in [0, 0.1) is 6.92 Å². The minimum atomic E-state index is -0.894. The van der Waals surface area contributed by atoms with Crippen LogP contribution in [0.15, 0.2) is 34.7 Å². The lowest BCUT2D eigenvalue weighted by Gasteiger charge is -2.10. The minimum absolute atomic E-state index is 0.0638. The average molecular weight is 232 g/mol. The second-order valence-corrected chi connectivity index (χ2v) is 3.72. The number of benzene rings is 1. The monoisotopic (exact) mass is 232 g/mol. The number of carbonyl (C=O) groups is 1. The van der Waals surface area contributed by atoms with Crippen molar-refractivity contribution >= 4 is 5.97 Å². The number of hydrogen-bond acceptors (Lipinski definition) is 4. The Hall–Kier alpha value is -2.17. The summed E-state index contributed by atoms with van der Waals surface area (Å²) >= 11 is 0. The molecule has 0 saturated heterocycles. The molecule has 2 aromatic rings. The second-order valence-electron chi connectivity index (χ2n) is 3.72. The molecule has 0 aliphatic rings. The summed E-state index contributed by atoms with van der Waals surface area (Å²) in [5.41, 5.74) is 0.860. The Balaban J connectivity index is 2.35. The van der Waals surface area contributed by atoms with E-state index in [2.05, 4.69) is 10.2 Å². The summed E-state index contributed by atoms with van der Waals surface area (Å²) in [6.07, 6.45) is -0.0638. The van der Waals surface area contributed by atoms with E-state index in [9.17, 15) is 4.79 Å². The number of carboxylic acid groups (broad SMARTS) is 1. The molecule has 0 aliphatic carbocycles. The lowest BCUT2D eigenvalue weighted by atomic mass is 9.96. The fourth-order valence-corrected chi connectivity index (χ4v) is 1.66. The number of aryl methyl sites for hydroxylation is 1. The van der Waals surface area contributed by atoms with E-state index in [1.807, 2.05) is 30.3 Å². The third-order valence-corrected chi connectivity index (χ3v) is 2.42. The van der Waals surface area contributed by atoms with Gasteiger partial charge in [0.25, 0.3) is 0 Å². The standard InChI is InChI=1S/C12H12N2O3/c1-8-13-14-12(17-8)10(7-11(15)16)9-5-3-2-4-6-9/h2-6,10H,7H2,1H3,(H,15,16)/t10-/m0/s1. The molecule has 0 spiro atoms. The van der Waals surface area contributed by atoms with Gasteiger partial charge in [0.1, 0.15) is 0 Å². The quantitative estimate of drug-likeness (QED) is 0.872. The third-order valence-electron chi connectivity index (χ3n) is 2.42. The lowest BCUT2D eigenvalue weighted by molar-refractivity contribution is -0.137. The van der Waals surface area contributed by atoms with E-state index in [-0.39, 0.29) is 6.42 Å². The molecule has 0 aliphatic heterocycles. The molecular formula is C12H12N2O3. The van der Waals surface area contributed by atoms with Crippen molar-refractivity contribution in [3.63, 3.8) is 0 Å². The van der Waals surface area contributed by atoms with Crippen molar-refractivity contribution in [2.45, 2.75) is 19.3 Å². The van der Waals surface area contributed by atoms with E-state index >= 15 is 0 Å². The number of nitrogens with zero attached hydrogens (tertiary/aromatic N) is 2. The maximum Gasteiger partial charge on any atom is 0.304 e. The molecule has 0 radical (unpaired) electrons. The first-order valence-electron chi connectivity index (χ1n) is 5.23. The van der Waals surface area contributed by atoms with Gasteiger partial charge in [-0.25, -0.2) is 0 Å². The average Bonchev–Trinajstić information content (AvgIpc) is 2.73. The third kappa shape index (κ3) is 2.69. The van der Waals surface area contributed by atoms with Gasteiger partial charge in [-0.3, -0.25) is 4.79 Å². The molecule has 5 heteroatoms. The van der Waals surface area contributed by atoms with Gasteiger partial charge in [-0.05, 0) is 5.56 Å². The molecule has 0 unspecified atom stereocenters. The molecule has 1 heterocycles. The van der Waals surface area contributed by atoms with Gasteiger partial charge in [-0.1, -0.05) is 30.3 Å². The molecule has 2 rings (SSSR count). The van der Waals surface area contributed by atoms with Gasteiger partial charge < -0.3 is 9.52 Å². The topological polar surface area (TPSA) is 76.2 Å². The van der Waals surface area contributed by atoms with Gasteiger partial charge in [0.15, 0.2) is 0 Å². The number of hydrogen-bond donors (Lipinski definition) is 1. The molecule has 5 nitrogen and oxygen atoms in total. The van der Waals surface area contributed by atoms with Crippen LogP contribution in [-0.2, 0) is 4.79 Å². The molecule has 0 amide bonds. The van der Waals surface area contributed by atoms with E-state index in [0.717, 1.165) is 5.56 Å². The largest absolute Gasteiger partial charge is 0.481 e. The fourth-order valence-electron chi connectivity index (χ4n) is 1.66. The van der Waals surface area contributed by atoms with Gasteiger partial charge in [0, 0.05) is 6.92 Å². The predicted octanol–water partition coefficient (Wildman–Crippen LogP) is 1.98. The smallest absolute Gasteiger partial charge is 0.304 e. The van der Waals surface area contributed by atoms with Gasteiger partial charge in [0.05, 0.1) is 12.3 Å². The van der Waals surface area contributed by atoms with Crippen LogP contribution in [-0.4, -0.2) is 21.3 Å². The van der Waals surface area contributed by atoms with Gasteiger partial charge in [-0.2, -0.15) is 0 Å². The van der Waals surface area contributed by atoms with Gasteiger partial charge >= 0.3 is 5.97 Å². The SMILES string of the molecule is Cc1nnc([C@@H](CC(=O)O)c2ccccc2)o1. The predicted molar refractivity (Wildman–Crippen MR) is 59.6 cm³/mol. The molecule has 0 bridgehead atoms. The van der Waals surface area contributed by atoms with Gasteiger partial charge in [-0.15, -0.1) is 10.2 Å².